The fraction of sp³-hybridized carbons (Fsp3) is 0.0909. The van der Waals surface area contributed by atoms with Crippen LogP contribution in [0.1, 0.15) is 16.5 Å². The first-order chi connectivity index (χ1) is 7.18. The van der Waals surface area contributed by atoms with E-state index in [9.17, 15) is 5.11 Å². The van der Waals surface area contributed by atoms with Gasteiger partial charge in [0.1, 0.15) is 5.75 Å². The molecule has 2 aromatic rings. The van der Waals surface area contributed by atoms with Gasteiger partial charge < -0.3 is 10.8 Å². The molecule has 2 nitrogen and oxygen atoms in total. The van der Waals surface area contributed by atoms with E-state index in [-0.39, 0.29) is 24.2 Å². The normalized spacial score (nSPS) is 11.9. The molecule has 1 atom stereocenters. The molecule has 86 valence electrons. The molecule has 0 radical (unpaired) electrons. The van der Waals surface area contributed by atoms with Gasteiger partial charge in [-0.05, 0) is 29.1 Å². The summed E-state index contributed by atoms with van der Waals surface area (Å²) in [6, 6.07) is 8.80. The largest absolute Gasteiger partial charge is 0.506 e. The first-order valence-electron chi connectivity index (χ1n) is 4.46. The van der Waals surface area contributed by atoms with Crippen LogP contribution in [0, 0.1) is 0 Å². The van der Waals surface area contributed by atoms with Gasteiger partial charge in [0, 0.05) is 4.88 Å². The molecule has 0 aliphatic carbocycles. The zero-order chi connectivity index (χ0) is 10.8. The quantitative estimate of drug-likeness (QED) is 0.880. The van der Waals surface area contributed by atoms with Gasteiger partial charge in [-0.1, -0.05) is 23.7 Å². The number of hydrogen-bond donors (Lipinski definition) is 2. The van der Waals surface area contributed by atoms with E-state index in [0.29, 0.717) is 5.02 Å². The zero-order valence-electron chi connectivity index (χ0n) is 8.26. The summed E-state index contributed by atoms with van der Waals surface area (Å²) in [5.41, 5.74) is 6.95. The van der Waals surface area contributed by atoms with Gasteiger partial charge in [0.15, 0.2) is 0 Å². The van der Waals surface area contributed by atoms with Crippen LogP contribution in [0.5, 0.6) is 5.75 Å². The molecule has 3 N–H and O–H groups in total. The monoisotopic (exact) mass is 275 g/mol. The third kappa shape index (κ3) is 2.68. The van der Waals surface area contributed by atoms with Crippen LogP contribution in [0.25, 0.3) is 0 Å². The third-order valence-electron chi connectivity index (χ3n) is 2.18. The molecule has 0 amide bonds. The molecular formula is C11H11Cl2NOS. The van der Waals surface area contributed by atoms with Gasteiger partial charge in [0.25, 0.3) is 0 Å². The molecule has 0 unspecified atom stereocenters. The summed E-state index contributed by atoms with van der Waals surface area (Å²) in [6.45, 7) is 0. The van der Waals surface area contributed by atoms with Crippen molar-refractivity contribution in [3.8, 4) is 5.75 Å². The molecule has 2 rings (SSSR count). The lowest BCUT2D eigenvalue weighted by atomic mass is 10.1. The van der Waals surface area contributed by atoms with Crippen molar-refractivity contribution in [2.75, 3.05) is 0 Å². The highest BCUT2D eigenvalue weighted by molar-refractivity contribution is 7.10. The van der Waals surface area contributed by atoms with Gasteiger partial charge in [-0.3, -0.25) is 0 Å². The summed E-state index contributed by atoms with van der Waals surface area (Å²) < 4.78 is 0. The van der Waals surface area contributed by atoms with Gasteiger partial charge in [-0.25, -0.2) is 0 Å². The van der Waals surface area contributed by atoms with E-state index in [1.165, 1.54) is 0 Å². The summed E-state index contributed by atoms with van der Waals surface area (Å²) in [5, 5.41) is 11.6. The Balaban J connectivity index is 0.00000128. The van der Waals surface area contributed by atoms with Crippen LogP contribution in [0.3, 0.4) is 0 Å². The molecule has 0 bridgehead atoms. The number of hydrogen-bond acceptors (Lipinski definition) is 3. The SMILES string of the molecule is Cl.N[C@H](c1ccc(O)c(Cl)c1)c1cccs1. The predicted molar refractivity (Wildman–Crippen MR) is 70.7 cm³/mol. The second kappa shape index (κ2) is 5.55. The second-order valence-electron chi connectivity index (χ2n) is 3.20. The first-order valence-corrected chi connectivity index (χ1v) is 5.71. The number of thiophene rings is 1. The summed E-state index contributed by atoms with van der Waals surface area (Å²) >= 11 is 7.42. The van der Waals surface area contributed by atoms with Crippen molar-refractivity contribution in [3.05, 3.63) is 51.2 Å². The van der Waals surface area contributed by atoms with Crippen LogP contribution in [-0.4, -0.2) is 5.11 Å². The van der Waals surface area contributed by atoms with E-state index in [0.717, 1.165) is 10.4 Å². The topological polar surface area (TPSA) is 46.2 Å². The minimum Gasteiger partial charge on any atom is -0.506 e. The third-order valence-corrected chi connectivity index (χ3v) is 3.44. The van der Waals surface area contributed by atoms with Crippen LogP contribution >= 0.6 is 35.3 Å². The van der Waals surface area contributed by atoms with Crippen molar-refractivity contribution >= 4 is 35.3 Å². The van der Waals surface area contributed by atoms with E-state index < -0.39 is 0 Å². The van der Waals surface area contributed by atoms with E-state index in [1.807, 2.05) is 17.5 Å². The summed E-state index contributed by atoms with van der Waals surface area (Å²) in [7, 11) is 0. The highest BCUT2D eigenvalue weighted by atomic mass is 35.5. The lowest BCUT2D eigenvalue weighted by Crippen LogP contribution is -2.09. The van der Waals surface area contributed by atoms with E-state index in [1.54, 1.807) is 29.5 Å². The Labute approximate surface area is 109 Å². The molecule has 1 aromatic carbocycles. The zero-order valence-corrected chi connectivity index (χ0v) is 10.6. The highest BCUT2D eigenvalue weighted by Gasteiger charge is 2.11. The molecule has 0 saturated carbocycles. The van der Waals surface area contributed by atoms with Crippen molar-refractivity contribution in [2.45, 2.75) is 6.04 Å². The highest BCUT2D eigenvalue weighted by Crippen LogP contribution is 2.29. The van der Waals surface area contributed by atoms with Crippen molar-refractivity contribution in [3.63, 3.8) is 0 Å². The van der Waals surface area contributed by atoms with Crippen LogP contribution in [-0.2, 0) is 0 Å². The minimum atomic E-state index is -0.178. The van der Waals surface area contributed by atoms with Gasteiger partial charge in [-0.2, -0.15) is 0 Å². The molecular weight excluding hydrogens is 265 g/mol. The number of benzene rings is 1. The fourth-order valence-corrected chi connectivity index (χ4v) is 2.29. The Morgan fingerprint density at radius 2 is 2.06 bits per heavy atom. The Morgan fingerprint density at radius 1 is 1.31 bits per heavy atom. The number of halogens is 2. The van der Waals surface area contributed by atoms with Gasteiger partial charge in [-0.15, -0.1) is 23.7 Å². The van der Waals surface area contributed by atoms with Gasteiger partial charge in [0.2, 0.25) is 0 Å². The smallest absolute Gasteiger partial charge is 0.134 e. The maximum atomic E-state index is 9.29. The summed E-state index contributed by atoms with van der Waals surface area (Å²) in [4.78, 5) is 1.08. The summed E-state index contributed by atoms with van der Waals surface area (Å²) in [6.07, 6.45) is 0. The van der Waals surface area contributed by atoms with Gasteiger partial charge >= 0.3 is 0 Å². The molecule has 1 aromatic heterocycles. The Hall–Kier alpha value is -0.740. The molecule has 5 heteroatoms. The molecule has 0 fully saturated rings. The van der Waals surface area contributed by atoms with Crippen LogP contribution in [0.2, 0.25) is 5.02 Å². The van der Waals surface area contributed by atoms with Crippen molar-refractivity contribution < 1.29 is 5.11 Å². The lowest BCUT2D eigenvalue weighted by molar-refractivity contribution is 0.475. The Bertz CT molecular complexity index is 459. The van der Waals surface area contributed by atoms with E-state index >= 15 is 0 Å². The number of phenols is 1. The van der Waals surface area contributed by atoms with Crippen molar-refractivity contribution in [1.29, 1.82) is 0 Å². The molecule has 0 aliphatic rings. The lowest BCUT2D eigenvalue weighted by Gasteiger charge is -2.10. The van der Waals surface area contributed by atoms with Crippen LogP contribution < -0.4 is 5.73 Å². The van der Waals surface area contributed by atoms with Crippen molar-refractivity contribution in [2.24, 2.45) is 5.73 Å². The maximum absolute atomic E-state index is 9.29. The van der Waals surface area contributed by atoms with Crippen LogP contribution in [0.4, 0.5) is 0 Å². The summed E-state index contributed by atoms with van der Waals surface area (Å²) in [5.74, 6) is 0.0822. The average Bonchev–Trinajstić information content (AvgIpc) is 2.74. The molecule has 0 aliphatic heterocycles. The molecule has 0 saturated heterocycles. The van der Waals surface area contributed by atoms with Crippen LogP contribution in [0.15, 0.2) is 35.7 Å². The molecule has 1 heterocycles. The predicted octanol–water partition coefficient (Wildman–Crippen LogP) is 3.58. The Kier molecular flexibility index (Phi) is 4.62. The number of nitrogens with two attached hydrogens (primary N) is 1. The second-order valence-corrected chi connectivity index (χ2v) is 4.59. The Morgan fingerprint density at radius 3 is 2.62 bits per heavy atom. The first kappa shape index (κ1) is 13.3. The average molecular weight is 276 g/mol. The molecule has 0 spiro atoms. The molecule has 16 heavy (non-hydrogen) atoms. The number of aromatic hydroxyl groups is 1. The number of rotatable bonds is 2. The maximum Gasteiger partial charge on any atom is 0.134 e. The van der Waals surface area contributed by atoms with E-state index in [4.69, 9.17) is 17.3 Å². The number of phenolic OH excluding ortho intramolecular Hbond substituents is 1. The van der Waals surface area contributed by atoms with Crippen molar-refractivity contribution in [1.82, 2.24) is 0 Å². The standard InChI is InChI=1S/C11H10ClNOS.ClH/c12-8-6-7(3-4-9(8)14)11(13)10-2-1-5-15-10;/h1-6,11,14H,13H2;1H/t11-;/m1./s1. The van der Waals surface area contributed by atoms with Gasteiger partial charge in [0.05, 0.1) is 11.1 Å². The fourth-order valence-electron chi connectivity index (χ4n) is 1.35. The van der Waals surface area contributed by atoms with E-state index in [2.05, 4.69) is 0 Å². The minimum absolute atomic E-state index is 0.